The lowest BCUT2D eigenvalue weighted by Gasteiger charge is -2.44. The lowest BCUT2D eigenvalue weighted by molar-refractivity contribution is -0.313. The van der Waals surface area contributed by atoms with Crippen LogP contribution in [0.2, 0.25) is 0 Å². The highest BCUT2D eigenvalue weighted by atomic mass is 32.2. The second-order valence-corrected chi connectivity index (χ2v) is 16.1. The molecule has 2 atom stereocenters. The number of hydrogen-bond acceptors (Lipinski definition) is 10. The van der Waals surface area contributed by atoms with Gasteiger partial charge < -0.3 is 23.5 Å². The van der Waals surface area contributed by atoms with E-state index in [2.05, 4.69) is 13.8 Å². The van der Waals surface area contributed by atoms with Gasteiger partial charge in [-0.1, -0.05) is 80.6 Å². The van der Waals surface area contributed by atoms with Crippen LogP contribution in [0.5, 0.6) is 0 Å². The fourth-order valence-electron chi connectivity index (χ4n) is 7.67. The molecule has 12 nitrogen and oxygen atoms in total. The molecule has 0 bridgehead atoms. The Bertz CT molecular complexity index is 2300. The summed E-state index contributed by atoms with van der Waals surface area (Å²) in [5.41, 5.74) is 1.98. The standard InChI is InChI=1S/C42H43N3O9S/c1-4-41(5-2)26-52-42(53-27-41)20-21-44-36(42)23-33(34(24-43)38(44)46)37(40(48)51-6-3)54-39(47)35-22-30-14-10-11-15-31(30)25-45(35)55(49,50)32-18-16-29(17-19-32)28-12-8-7-9-13-28/h7-19,23,35,37H,4-6,20-22,25-27H2,1-3H3/t35-,37?/m1/s1. The first kappa shape index (κ1) is 38.2. The molecule has 0 saturated carbocycles. The molecule has 7 rings (SSSR count). The van der Waals surface area contributed by atoms with Crippen molar-refractivity contribution in [3.8, 4) is 17.2 Å². The Morgan fingerprint density at radius 1 is 0.927 bits per heavy atom. The molecule has 0 aliphatic carbocycles. The minimum Gasteiger partial charge on any atom is -0.463 e. The van der Waals surface area contributed by atoms with E-state index in [4.69, 9.17) is 18.9 Å². The van der Waals surface area contributed by atoms with E-state index in [1.807, 2.05) is 42.5 Å². The van der Waals surface area contributed by atoms with Crippen molar-refractivity contribution < 1.29 is 37.0 Å². The predicted octanol–water partition coefficient (Wildman–Crippen LogP) is 5.76. The van der Waals surface area contributed by atoms with Crippen LogP contribution in [0.25, 0.3) is 11.1 Å². The Labute approximate surface area is 320 Å². The molecule has 3 aliphatic heterocycles. The second kappa shape index (κ2) is 15.2. The SMILES string of the molecule is CCOC(=O)C(OC(=O)[C@H]1Cc2ccccc2CN1S(=O)(=O)c1ccc(-c2ccccc2)cc1)c1cc2n(c(=O)c1C#N)CCC21OCC(CC)(CC)CO1. The molecule has 1 aromatic heterocycles. The number of hydrogen-bond donors (Lipinski definition) is 0. The Hall–Kier alpha value is -5.13. The summed E-state index contributed by atoms with van der Waals surface area (Å²) in [4.78, 5) is 42.0. The van der Waals surface area contributed by atoms with Gasteiger partial charge in [0.05, 0.1) is 30.4 Å². The third-order valence-electron chi connectivity index (χ3n) is 11.3. The van der Waals surface area contributed by atoms with Crippen molar-refractivity contribution in [1.29, 1.82) is 5.26 Å². The van der Waals surface area contributed by atoms with Crippen LogP contribution in [0.4, 0.5) is 0 Å². The Balaban J connectivity index is 1.26. The van der Waals surface area contributed by atoms with Crippen molar-refractivity contribution in [2.75, 3.05) is 19.8 Å². The van der Waals surface area contributed by atoms with E-state index in [9.17, 15) is 28.1 Å². The zero-order valence-electron chi connectivity index (χ0n) is 31.0. The number of carbonyl (C=O) groups is 2. The largest absolute Gasteiger partial charge is 0.463 e. The van der Waals surface area contributed by atoms with Crippen LogP contribution in [0.1, 0.15) is 74.1 Å². The molecule has 4 aromatic rings. The van der Waals surface area contributed by atoms with Gasteiger partial charge in [0.1, 0.15) is 17.7 Å². The van der Waals surface area contributed by atoms with Crippen molar-refractivity contribution in [1.82, 2.24) is 8.87 Å². The third-order valence-corrected chi connectivity index (χ3v) is 13.2. The van der Waals surface area contributed by atoms with Crippen LogP contribution in [-0.2, 0) is 63.9 Å². The Morgan fingerprint density at radius 2 is 1.56 bits per heavy atom. The zero-order chi connectivity index (χ0) is 39.0. The van der Waals surface area contributed by atoms with Crippen LogP contribution >= 0.6 is 0 Å². The normalized spacial score (nSPS) is 19.1. The number of fused-ring (bicyclic) bond motifs is 3. The molecule has 13 heteroatoms. The first-order chi connectivity index (χ1) is 26.5. The van der Waals surface area contributed by atoms with Crippen molar-refractivity contribution in [3.05, 3.63) is 123 Å². The third kappa shape index (κ3) is 6.89. The number of pyridine rings is 1. The summed E-state index contributed by atoms with van der Waals surface area (Å²) < 4.78 is 55.3. The number of sulfonamides is 1. The summed E-state index contributed by atoms with van der Waals surface area (Å²) >= 11 is 0. The number of aromatic nitrogens is 1. The number of benzene rings is 3. The summed E-state index contributed by atoms with van der Waals surface area (Å²) in [7, 11) is -4.31. The summed E-state index contributed by atoms with van der Waals surface area (Å²) in [6.45, 7) is 6.43. The zero-order valence-corrected chi connectivity index (χ0v) is 31.8. The smallest absolute Gasteiger partial charge is 0.352 e. The van der Waals surface area contributed by atoms with Crippen molar-refractivity contribution in [2.45, 2.75) is 82.4 Å². The number of ether oxygens (including phenoxy) is 4. The van der Waals surface area contributed by atoms with E-state index in [1.165, 1.54) is 22.8 Å². The number of carbonyl (C=O) groups excluding carboxylic acids is 2. The molecular weight excluding hydrogens is 723 g/mol. The van der Waals surface area contributed by atoms with E-state index in [1.54, 1.807) is 37.3 Å². The van der Waals surface area contributed by atoms with Crippen LogP contribution < -0.4 is 5.56 Å². The monoisotopic (exact) mass is 765 g/mol. The Kier molecular flexibility index (Phi) is 10.5. The van der Waals surface area contributed by atoms with Crippen molar-refractivity contribution >= 4 is 22.0 Å². The van der Waals surface area contributed by atoms with E-state index < -0.39 is 51.0 Å². The van der Waals surface area contributed by atoms with Crippen LogP contribution in [0.15, 0.2) is 94.6 Å². The molecule has 286 valence electrons. The highest BCUT2D eigenvalue weighted by molar-refractivity contribution is 7.89. The fraction of sp³-hybridized carbons (Fsp3) is 0.381. The maximum atomic E-state index is 14.4. The maximum Gasteiger partial charge on any atom is 0.352 e. The molecule has 0 N–H and O–H groups in total. The molecule has 1 spiro atoms. The highest BCUT2D eigenvalue weighted by Gasteiger charge is 2.50. The van der Waals surface area contributed by atoms with E-state index in [0.29, 0.717) is 30.9 Å². The molecule has 3 aromatic carbocycles. The van der Waals surface area contributed by atoms with Crippen LogP contribution in [0, 0.1) is 16.7 Å². The predicted molar refractivity (Wildman–Crippen MR) is 201 cm³/mol. The molecule has 3 aliphatic rings. The number of nitriles is 1. The van der Waals surface area contributed by atoms with Gasteiger partial charge in [-0.05, 0) is 60.2 Å². The topological polar surface area (TPSA) is 154 Å². The number of nitrogens with zero attached hydrogens (tertiary/aromatic N) is 3. The lowest BCUT2D eigenvalue weighted by Crippen LogP contribution is -2.49. The summed E-state index contributed by atoms with van der Waals surface area (Å²) in [5.74, 6) is -3.38. The van der Waals surface area contributed by atoms with Crippen LogP contribution in [0.3, 0.4) is 0 Å². The van der Waals surface area contributed by atoms with Crippen LogP contribution in [-0.4, -0.2) is 55.1 Å². The van der Waals surface area contributed by atoms with Gasteiger partial charge in [-0.25, -0.2) is 13.2 Å². The van der Waals surface area contributed by atoms with Crippen molar-refractivity contribution in [2.24, 2.45) is 5.41 Å². The van der Waals surface area contributed by atoms with E-state index in [-0.39, 0.29) is 42.0 Å². The first-order valence-corrected chi connectivity index (χ1v) is 20.0. The fourth-order valence-corrected chi connectivity index (χ4v) is 9.23. The molecule has 1 unspecified atom stereocenters. The average molecular weight is 766 g/mol. The summed E-state index contributed by atoms with van der Waals surface area (Å²) in [6, 6.07) is 25.1. The minimum atomic E-state index is -4.31. The van der Waals surface area contributed by atoms with Gasteiger partial charge in [-0.15, -0.1) is 0 Å². The lowest BCUT2D eigenvalue weighted by atomic mass is 9.83. The molecular formula is C42H43N3O9S. The molecule has 1 saturated heterocycles. The molecule has 0 amide bonds. The second-order valence-electron chi connectivity index (χ2n) is 14.2. The average Bonchev–Trinajstić information content (AvgIpc) is 3.57. The van der Waals surface area contributed by atoms with Gasteiger partial charge in [0, 0.05) is 36.9 Å². The van der Waals surface area contributed by atoms with Gasteiger partial charge in [-0.3, -0.25) is 9.59 Å². The number of esters is 2. The maximum absolute atomic E-state index is 14.4. The van der Waals surface area contributed by atoms with Gasteiger partial charge in [-0.2, -0.15) is 9.57 Å². The minimum absolute atomic E-state index is 0.0299. The van der Waals surface area contributed by atoms with Crippen molar-refractivity contribution in [3.63, 3.8) is 0 Å². The quantitative estimate of drug-likeness (QED) is 0.182. The van der Waals surface area contributed by atoms with Gasteiger partial charge >= 0.3 is 11.9 Å². The summed E-state index contributed by atoms with van der Waals surface area (Å²) in [6.07, 6.45) is 0.0155. The van der Waals surface area contributed by atoms with Gasteiger partial charge in [0.15, 0.2) is 0 Å². The van der Waals surface area contributed by atoms with Gasteiger partial charge in [0.25, 0.3) is 5.56 Å². The summed E-state index contributed by atoms with van der Waals surface area (Å²) in [5, 5.41) is 10.3. The van der Waals surface area contributed by atoms with E-state index >= 15 is 0 Å². The first-order valence-electron chi connectivity index (χ1n) is 18.6. The highest BCUT2D eigenvalue weighted by Crippen LogP contribution is 2.46. The molecule has 4 heterocycles. The van der Waals surface area contributed by atoms with E-state index in [0.717, 1.165) is 33.8 Å². The molecule has 55 heavy (non-hydrogen) atoms. The Morgan fingerprint density at radius 3 is 2.20 bits per heavy atom. The number of rotatable bonds is 10. The molecule has 1 fully saturated rings. The molecule has 0 radical (unpaired) electrons. The van der Waals surface area contributed by atoms with Gasteiger partial charge in [0.2, 0.25) is 21.9 Å².